The van der Waals surface area contributed by atoms with E-state index in [9.17, 15) is 5.11 Å². The van der Waals surface area contributed by atoms with E-state index < -0.39 is 0 Å². The molecule has 4 rings (SSSR count). The third-order valence-corrected chi connectivity index (χ3v) is 6.56. The van der Waals surface area contributed by atoms with Crippen LogP contribution in [-0.4, -0.2) is 41.0 Å². The Balaban J connectivity index is 1.72. The number of hydrogen-bond acceptors (Lipinski definition) is 4. The molecule has 1 saturated heterocycles. The molecule has 0 unspecified atom stereocenters. The quantitative estimate of drug-likeness (QED) is 0.718. The van der Waals surface area contributed by atoms with Crippen LogP contribution in [0.2, 0.25) is 0 Å². The van der Waals surface area contributed by atoms with Crippen molar-refractivity contribution in [1.82, 2.24) is 10.2 Å². The lowest BCUT2D eigenvalue weighted by Crippen LogP contribution is -2.56. The number of benzene rings is 2. The Labute approximate surface area is 175 Å². The maximum absolute atomic E-state index is 10.5. The van der Waals surface area contributed by atoms with Gasteiger partial charge < -0.3 is 10.0 Å². The van der Waals surface area contributed by atoms with Crippen LogP contribution in [0.1, 0.15) is 48.9 Å². The first kappa shape index (κ1) is 19.6. The average molecular weight is 442 g/mol. The number of hydrogen-bond donors (Lipinski definition) is 2. The Morgan fingerprint density at radius 1 is 1.18 bits per heavy atom. The van der Waals surface area contributed by atoms with Crippen LogP contribution in [0.4, 0.5) is 0 Å². The van der Waals surface area contributed by atoms with Crippen molar-refractivity contribution in [2.75, 3.05) is 19.6 Å². The lowest BCUT2D eigenvalue weighted by Gasteiger charge is -2.45. The average Bonchev–Trinajstić information content (AvgIpc) is 2.70. The predicted octanol–water partition coefficient (Wildman–Crippen LogP) is 4.80. The summed E-state index contributed by atoms with van der Waals surface area (Å²) in [6.45, 7) is 7.51. The fraction of sp³-hybridized carbons (Fsp3) is 0.435. The standard InChI is InChI=1S/C23H28BrN3O/c1-3-27-12-10-23(11-13-27)25-20(17-6-4-16(2)5-7-17)15-21(26-23)19-14-18(24)8-9-22(19)28/h4-9,14,21,26,28H,3,10-13,15H2,1-2H3/t21-/m0/s1. The highest BCUT2D eigenvalue weighted by Crippen LogP contribution is 2.38. The van der Waals surface area contributed by atoms with Crippen molar-refractivity contribution in [3.05, 3.63) is 63.6 Å². The number of phenols is 1. The highest BCUT2D eigenvalue weighted by Gasteiger charge is 2.40. The van der Waals surface area contributed by atoms with Gasteiger partial charge in [-0.05, 0) is 50.1 Å². The van der Waals surface area contributed by atoms with Gasteiger partial charge in [0.1, 0.15) is 11.4 Å². The number of nitrogens with one attached hydrogen (secondary N) is 1. The van der Waals surface area contributed by atoms with Gasteiger partial charge in [-0.15, -0.1) is 0 Å². The van der Waals surface area contributed by atoms with Crippen LogP contribution in [0.15, 0.2) is 51.9 Å². The van der Waals surface area contributed by atoms with Crippen LogP contribution in [0.5, 0.6) is 5.75 Å². The van der Waals surface area contributed by atoms with Gasteiger partial charge in [0.25, 0.3) is 0 Å². The maximum atomic E-state index is 10.5. The second kappa shape index (κ2) is 7.97. The molecule has 1 spiro atoms. The van der Waals surface area contributed by atoms with E-state index in [1.54, 1.807) is 6.07 Å². The molecular weight excluding hydrogens is 414 g/mol. The second-order valence-electron chi connectivity index (χ2n) is 7.99. The monoisotopic (exact) mass is 441 g/mol. The molecule has 0 saturated carbocycles. The summed E-state index contributed by atoms with van der Waals surface area (Å²) in [6.07, 6.45) is 2.75. The smallest absolute Gasteiger partial charge is 0.120 e. The molecule has 2 aliphatic heterocycles. The summed E-state index contributed by atoms with van der Waals surface area (Å²) >= 11 is 3.56. The molecule has 0 bridgehead atoms. The van der Waals surface area contributed by atoms with E-state index >= 15 is 0 Å². The van der Waals surface area contributed by atoms with Gasteiger partial charge in [0, 0.05) is 41.3 Å². The van der Waals surface area contributed by atoms with Crippen LogP contribution < -0.4 is 5.32 Å². The Bertz CT molecular complexity index is 870. The minimum atomic E-state index is -0.260. The fourth-order valence-corrected chi connectivity index (χ4v) is 4.70. The van der Waals surface area contributed by atoms with Gasteiger partial charge in [-0.3, -0.25) is 10.3 Å². The summed E-state index contributed by atoms with van der Waals surface area (Å²) in [4.78, 5) is 7.74. The highest BCUT2D eigenvalue weighted by atomic mass is 79.9. The van der Waals surface area contributed by atoms with Gasteiger partial charge in [0.2, 0.25) is 0 Å². The molecule has 28 heavy (non-hydrogen) atoms. The topological polar surface area (TPSA) is 47.9 Å². The zero-order valence-corrected chi connectivity index (χ0v) is 18.2. The molecule has 0 aliphatic carbocycles. The Hall–Kier alpha value is -1.69. The molecule has 148 valence electrons. The van der Waals surface area contributed by atoms with Crippen molar-refractivity contribution < 1.29 is 5.11 Å². The molecule has 1 atom stereocenters. The fourth-order valence-electron chi connectivity index (χ4n) is 4.32. The largest absolute Gasteiger partial charge is 0.508 e. The minimum Gasteiger partial charge on any atom is -0.508 e. The summed E-state index contributed by atoms with van der Waals surface area (Å²) in [5.74, 6) is 0.340. The van der Waals surface area contributed by atoms with Crippen LogP contribution in [-0.2, 0) is 0 Å². The predicted molar refractivity (Wildman–Crippen MR) is 118 cm³/mol. The van der Waals surface area contributed by atoms with Crippen molar-refractivity contribution >= 4 is 21.6 Å². The number of likely N-dealkylation sites (tertiary alicyclic amines) is 1. The molecule has 0 radical (unpaired) electrons. The van der Waals surface area contributed by atoms with Gasteiger partial charge in [-0.2, -0.15) is 0 Å². The van der Waals surface area contributed by atoms with E-state index in [4.69, 9.17) is 4.99 Å². The van der Waals surface area contributed by atoms with Gasteiger partial charge >= 0.3 is 0 Å². The van der Waals surface area contributed by atoms with Crippen LogP contribution >= 0.6 is 15.9 Å². The number of aliphatic imine (C=N–C) groups is 1. The van der Waals surface area contributed by atoms with Crippen molar-refractivity contribution in [2.24, 2.45) is 4.99 Å². The summed E-state index contributed by atoms with van der Waals surface area (Å²) in [6, 6.07) is 14.4. The Morgan fingerprint density at radius 2 is 1.89 bits per heavy atom. The Morgan fingerprint density at radius 3 is 2.57 bits per heavy atom. The highest BCUT2D eigenvalue weighted by molar-refractivity contribution is 9.10. The van der Waals surface area contributed by atoms with Crippen molar-refractivity contribution in [1.29, 1.82) is 0 Å². The van der Waals surface area contributed by atoms with Gasteiger partial charge in [-0.25, -0.2) is 0 Å². The molecular formula is C23H28BrN3O. The van der Waals surface area contributed by atoms with E-state index in [2.05, 4.69) is 64.3 Å². The zero-order valence-electron chi connectivity index (χ0n) is 16.6. The van der Waals surface area contributed by atoms with Crippen molar-refractivity contribution in [2.45, 2.75) is 44.8 Å². The summed E-state index contributed by atoms with van der Waals surface area (Å²) in [5.41, 5.74) is 4.25. The molecule has 4 nitrogen and oxygen atoms in total. The number of aromatic hydroxyl groups is 1. The summed E-state index contributed by atoms with van der Waals surface area (Å²) < 4.78 is 0.983. The van der Waals surface area contributed by atoms with Crippen LogP contribution in [0.3, 0.4) is 0 Å². The number of phenolic OH excluding ortho intramolecular Hbond substituents is 1. The normalized spacial score (nSPS) is 22.2. The summed E-state index contributed by atoms with van der Waals surface area (Å²) in [7, 11) is 0. The molecule has 2 heterocycles. The van der Waals surface area contributed by atoms with Gasteiger partial charge in [0.15, 0.2) is 0 Å². The number of halogens is 1. The molecule has 1 fully saturated rings. The van der Waals surface area contributed by atoms with Crippen molar-refractivity contribution in [3.8, 4) is 5.75 Å². The number of aryl methyl sites for hydroxylation is 1. The third-order valence-electron chi connectivity index (χ3n) is 6.07. The first-order chi connectivity index (χ1) is 13.5. The molecule has 0 aromatic heterocycles. The van der Waals surface area contributed by atoms with Gasteiger partial charge in [0.05, 0.1) is 0 Å². The second-order valence-corrected chi connectivity index (χ2v) is 8.91. The Kier molecular flexibility index (Phi) is 5.59. The van der Waals surface area contributed by atoms with Crippen molar-refractivity contribution in [3.63, 3.8) is 0 Å². The van der Waals surface area contributed by atoms with E-state index in [0.29, 0.717) is 5.75 Å². The first-order valence-electron chi connectivity index (χ1n) is 10.1. The number of nitrogens with zero attached hydrogens (tertiary/aromatic N) is 2. The number of piperidine rings is 1. The van der Waals surface area contributed by atoms with E-state index in [1.807, 2.05) is 12.1 Å². The zero-order chi connectivity index (χ0) is 19.7. The molecule has 2 aromatic rings. The summed E-state index contributed by atoms with van der Waals surface area (Å²) in [5, 5.41) is 14.4. The lowest BCUT2D eigenvalue weighted by molar-refractivity contribution is 0.129. The lowest BCUT2D eigenvalue weighted by atomic mass is 9.87. The van der Waals surface area contributed by atoms with Crippen LogP contribution in [0, 0.1) is 6.92 Å². The SMILES string of the molecule is CCN1CCC2(CC1)N=C(c1ccc(C)cc1)C[C@@H](c1cc(Br)ccc1O)N2. The number of rotatable bonds is 3. The molecule has 2 N–H and O–H groups in total. The first-order valence-corrected chi connectivity index (χ1v) is 10.9. The molecule has 0 amide bonds. The molecule has 5 heteroatoms. The molecule has 2 aromatic carbocycles. The molecule has 2 aliphatic rings. The van der Waals surface area contributed by atoms with Crippen LogP contribution in [0.25, 0.3) is 0 Å². The maximum Gasteiger partial charge on any atom is 0.120 e. The van der Waals surface area contributed by atoms with E-state index in [-0.39, 0.29) is 11.7 Å². The van der Waals surface area contributed by atoms with E-state index in [0.717, 1.165) is 54.6 Å². The third kappa shape index (κ3) is 4.02. The van der Waals surface area contributed by atoms with E-state index in [1.165, 1.54) is 11.1 Å². The van der Waals surface area contributed by atoms with Gasteiger partial charge in [-0.1, -0.05) is 52.7 Å². The minimum absolute atomic E-state index is 0.0412.